The number of nitrogens with zero attached hydrogens (tertiary/aromatic N) is 1. The zero-order valence-corrected chi connectivity index (χ0v) is 18.3. The minimum Gasteiger partial charge on any atom is -0.497 e. The fourth-order valence-corrected chi connectivity index (χ4v) is 3.34. The van der Waals surface area contributed by atoms with Crippen molar-refractivity contribution in [2.75, 3.05) is 32.7 Å². The van der Waals surface area contributed by atoms with Crippen LogP contribution in [0.15, 0.2) is 54.2 Å². The van der Waals surface area contributed by atoms with E-state index in [1.54, 1.807) is 50.6 Å². The number of imide groups is 1. The van der Waals surface area contributed by atoms with Crippen molar-refractivity contribution < 1.29 is 23.8 Å². The van der Waals surface area contributed by atoms with Gasteiger partial charge in [0.2, 0.25) is 0 Å². The lowest BCUT2D eigenvalue weighted by Crippen LogP contribution is -2.34. The molecule has 0 atom stereocenters. The van der Waals surface area contributed by atoms with Crippen molar-refractivity contribution in [2.24, 2.45) is 0 Å². The van der Waals surface area contributed by atoms with Crippen LogP contribution in [-0.4, -0.2) is 50.2 Å². The van der Waals surface area contributed by atoms with E-state index in [9.17, 15) is 9.59 Å². The fraction of sp³-hybridized carbons (Fsp3) is 0.333. The maximum atomic E-state index is 13.3. The molecule has 0 aliphatic carbocycles. The molecule has 1 N–H and O–H groups in total. The van der Waals surface area contributed by atoms with Crippen molar-refractivity contribution in [1.29, 1.82) is 0 Å². The summed E-state index contributed by atoms with van der Waals surface area (Å²) in [5, 5.41) is 3.14. The van der Waals surface area contributed by atoms with Crippen molar-refractivity contribution in [3.63, 3.8) is 0 Å². The van der Waals surface area contributed by atoms with Crippen LogP contribution >= 0.6 is 0 Å². The number of rotatable bonds is 10. The Bertz CT molecular complexity index is 966. The summed E-state index contributed by atoms with van der Waals surface area (Å²) in [5.74, 6) is 0.541. The van der Waals surface area contributed by atoms with E-state index in [-0.39, 0.29) is 30.2 Å². The molecule has 0 saturated carbocycles. The Morgan fingerprint density at radius 1 is 0.935 bits per heavy atom. The van der Waals surface area contributed by atoms with Crippen molar-refractivity contribution in [3.8, 4) is 11.5 Å². The minimum atomic E-state index is -0.369. The molecule has 1 heterocycles. The quantitative estimate of drug-likeness (QED) is 0.463. The summed E-state index contributed by atoms with van der Waals surface area (Å²) in [6.07, 6.45) is 0.661. The zero-order chi connectivity index (χ0) is 22.4. The van der Waals surface area contributed by atoms with E-state index in [4.69, 9.17) is 14.2 Å². The van der Waals surface area contributed by atoms with Crippen molar-refractivity contribution in [2.45, 2.75) is 26.4 Å². The number of methoxy groups -OCH3 is 2. The molecule has 3 rings (SSSR count). The van der Waals surface area contributed by atoms with Gasteiger partial charge in [-0.1, -0.05) is 24.3 Å². The summed E-state index contributed by atoms with van der Waals surface area (Å²) >= 11 is 0. The summed E-state index contributed by atoms with van der Waals surface area (Å²) in [6, 6.07) is 14.3. The highest BCUT2D eigenvalue weighted by molar-refractivity contribution is 6.36. The average molecular weight is 424 g/mol. The van der Waals surface area contributed by atoms with E-state index >= 15 is 0 Å². The monoisotopic (exact) mass is 424 g/mol. The van der Waals surface area contributed by atoms with Gasteiger partial charge in [-0.25, -0.2) is 0 Å². The average Bonchev–Trinajstić information content (AvgIpc) is 3.01. The lowest BCUT2D eigenvalue weighted by Gasteiger charge is -2.16. The summed E-state index contributed by atoms with van der Waals surface area (Å²) in [5.41, 5.74) is 1.79. The Balaban J connectivity index is 1.93. The standard InChI is InChI=1S/C24H28N2O5/c1-16(2)31-15-7-14-26-23(27)21(17-10-12-18(29-3)13-11-17)22(24(26)28)25-19-8-5-6-9-20(19)30-4/h5-6,8-13,16,25H,7,14-15H2,1-4H3. The number of nitrogens with one attached hydrogen (secondary N) is 1. The number of para-hydroxylation sites is 2. The van der Waals surface area contributed by atoms with E-state index in [2.05, 4.69) is 5.32 Å². The lowest BCUT2D eigenvalue weighted by molar-refractivity contribution is -0.137. The Labute approximate surface area is 182 Å². The van der Waals surface area contributed by atoms with Gasteiger partial charge in [-0.15, -0.1) is 0 Å². The maximum Gasteiger partial charge on any atom is 0.278 e. The molecule has 1 aliphatic rings. The molecule has 7 heteroatoms. The first kappa shape index (κ1) is 22.4. The van der Waals surface area contributed by atoms with Crippen molar-refractivity contribution in [3.05, 3.63) is 59.8 Å². The van der Waals surface area contributed by atoms with Crippen LogP contribution in [0.4, 0.5) is 5.69 Å². The molecule has 0 aromatic heterocycles. The molecule has 31 heavy (non-hydrogen) atoms. The summed E-state index contributed by atoms with van der Waals surface area (Å²) in [7, 11) is 3.14. The van der Waals surface area contributed by atoms with Gasteiger partial charge in [-0.3, -0.25) is 14.5 Å². The third-order valence-corrected chi connectivity index (χ3v) is 4.89. The highest BCUT2D eigenvalue weighted by atomic mass is 16.5. The number of carbonyl (C=O) groups excluding carboxylic acids is 2. The van der Waals surface area contributed by atoms with Gasteiger partial charge in [-0.05, 0) is 50.1 Å². The number of amides is 2. The summed E-state index contributed by atoms with van der Waals surface area (Å²) in [4.78, 5) is 27.8. The van der Waals surface area contributed by atoms with Gasteiger partial charge in [0.1, 0.15) is 17.2 Å². The molecule has 2 amide bonds. The van der Waals surface area contributed by atoms with Crippen LogP contribution in [0.5, 0.6) is 11.5 Å². The zero-order valence-electron chi connectivity index (χ0n) is 18.3. The third-order valence-electron chi connectivity index (χ3n) is 4.89. The SMILES string of the molecule is COc1ccc(C2=C(Nc3ccccc3OC)C(=O)N(CCCOC(C)C)C2=O)cc1. The number of carbonyl (C=O) groups is 2. The highest BCUT2D eigenvalue weighted by Gasteiger charge is 2.39. The summed E-state index contributed by atoms with van der Waals surface area (Å²) in [6.45, 7) is 4.65. The van der Waals surface area contributed by atoms with Crippen molar-refractivity contribution >= 4 is 23.1 Å². The first-order valence-electron chi connectivity index (χ1n) is 10.2. The normalized spacial score (nSPS) is 13.9. The van der Waals surface area contributed by atoms with E-state index < -0.39 is 0 Å². The van der Waals surface area contributed by atoms with Gasteiger partial charge in [0, 0.05) is 13.2 Å². The van der Waals surface area contributed by atoms with Gasteiger partial charge in [0.05, 0.1) is 31.6 Å². The smallest absolute Gasteiger partial charge is 0.278 e. The number of hydrogen-bond donors (Lipinski definition) is 1. The predicted octanol–water partition coefficient (Wildman–Crippen LogP) is 3.71. The molecule has 0 unspecified atom stereocenters. The Morgan fingerprint density at radius 3 is 2.29 bits per heavy atom. The molecule has 164 valence electrons. The van der Waals surface area contributed by atoms with E-state index in [1.165, 1.54) is 4.90 Å². The molecule has 0 saturated heterocycles. The van der Waals surface area contributed by atoms with Gasteiger partial charge in [-0.2, -0.15) is 0 Å². The van der Waals surface area contributed by atoms with E-state index in [0.29, 0.717) is 41.4 Å². The second-order valence-corrected chi connectivity index (χ2v) is 7.34. The second-order valence-electron chi connectivity index (χ2n) is 7.34. The van der Waals surface area contributed by atoms with Crippen LogP contribution in [0.25, 0.3) is 5.57 Å². The highest BCUT2D eigenvalue weighted by Crippen LogP contribution is 2.33. The van der Waals surface area contributed by atoms with Gasteiger partial charge in [0.15, 0.2) is 0 Å². The number of hydrogen-bond acceptors (Lipinski definition) is 6. The molecule has 1 aliphatic heterocycles. The Morgan fingerprint density at radius 2 is 1.65 bits per heavy atom. The molecule has 0 radical (unpaired) electrons. The molecule has 0 bridgehead atoms. The lowest BCUT2D eigenvalue weighted by atomic mass is 10.0. The molecular weight excluding hydrogens is 396 g/mol. The van der Waals surface area contributed by atoms with E-state index in [0.717, 1.165) is 0 Å². The van der Waals surface area contributed by atoms with E-state index in [1.807, 2.05) is 26.0 Å². The third kappa shape index (κ3) is 5.06. The van der Waals surface area contributed by atoms with Gasteiger partial charge >= 0.3 is 0 Å². The number of benzene rings is 2. The minimum absolute atomic E-state index is 0.0979. The topological polar surface area (TPSA) is 77.1 Å². The molecule has 2 aromatic carbocycles. The van der Waals surface area contributed by atoms with Crippen LogP contribution in [-0.2, 0) is 14.3 Å². The Kier molecular flexibility index (Phi) is 7.31. The molecular formula is C24H28N2O5. The van der Waals surface area contributed by atoms with Crippen LogP contribution in [0.1, 0.15) is 25.8 Å². The van der Waals surface area contributed by atoms with Gasteiger partial charge < -0.3 is 19.5 Å². The molecule has 0 spiro atoms. The second kappa shape index (κ2) is 10.1. The van der Waals surface area contributed by atoms with Crippen LogP contribution in [0.2, 0.25) is 0 Å². The first-order chi connectivity index (χ1) is 15.0. The fourth-order valence-electron chi connectivity index (χ4n) is 3.34. The first-order valence-corrected chi connectivity index (χ1v) is 10.2. The van der Waals surface area contributed by atoms with Crippen LogP contribution in [0.3, 0.4) is 0 Å². The Hall–Kier alpha value is -3.32. The van der Waals surface area contributed by atoms with Crippen molar-refractivity contribution in [1.82, 2.24) is 4.90 Å². The number of ether oxygens (including phenoxy) is 3. The van der Waals surface area contributed by atoms with Crippen LogP contribution < -0.4 is 14.8 Å². The summed E-state index contributed by atoms with van der Waals surface area (Å²) < 4.78 is 16.2. The number of anilines is 1. The molecule has 0 fully saturated rings. The molecule has 7 nitrogen and oxygen atoms in total. The van der Waals surface area contributed by atoms with Crippen LogP contribution in [0, 0.1) is 0 Å². The maximum absolute atomic E-state index is 13.3. The molecule has 2 aromatic rings. The largest absolute Gasteiger partial charge is 0.497 e. The van der Waals surface area contributed by atoms with Gasteiger partial charge in [0.25, 0.3) is 11.8 Å². The predicted molar refractivity (Wildman–Crippen MR) is 119 cm³/mol.